The Kier molecular flexibility index (Phi) is 3.54. The third kappa shape index (κ3) is 2.59. The van der Waals surface area contributed by atoms with Crippen molar-refractivity contribution < 1.29 is 9.53 Å². The van der Waals surface area contributed by atoms with E-state index in [0.29, 0.717) is 13.1 Å². The van der Waals surface area contributed by atoms with Crippen LogP contribution in [0.3, 0.4) is 0 Å². The van der Waals surface area contributed by atoms with Gasteiger partial charge in [-0.05, 0) is 26.7 Å². The molecule has 1 rings (SSSR count). The van der Waals surface area contributed by atoms with Gasteiger partial charge in [0.25, 0.3) is 0 Å². The highest BCUT2D eigenvalue weighted by molar-refractivity contribution is 5.67. The summed E-state index contributed by atoms with van der Waals surface area (Å²) in [6.45, 7) is 5.29. The molecular formula is C9H18N2O2. The van der Waals surface area contributed by atoms with Gasteiger partial charge in [-0.2, -0.15) is 0 Å². The molecule has 0 heterocycles. The smallest absolute Gasteiger partial charge is 0.410 e. The lowest BCUT2D eigenvalue weighted by Gasteiger charge is -2.33. The largest absolute Gasteiger partial charge is 0.446 e. The van der Waals surface area contributed by atoms with E-state index >= 15 is 0 Å². The summed E-state index contributed by atoms with van der Waals surface area (Å²) in [5.74, 6) is 0. The van der Waals surface area contributed by atoms with E-state index in [2.05, 4.69) is 0 Å². The fourth-order valence-electron chi connectivity index (χ4n) is 1.40. The Bertz CT molecular complexity index is 174. The van der Waals surface area contributed by atoms with Crippen LogP contribution in [0.4, 0.5) is 4.79 Å². The van der Waals surface area contributed by atoms with Crippen molar-refractivity contribution in [2.45, 2.75) is 38.8 Å². The van der Waals surface area contributed by atoms with Gasteiger partial charge >= 0.3 is 6.09 Å². The van der Waals surface area contributed by atoms with E-state index in [-0.39, 0.29) is 18.2 Å². The minimum absolute atomic E-state index is 0.0584. The standard InChI is InChI=1S/C9H18N2O2/c1-3-11(4-2)9(12)13-8-5-7(10)6-8/h7-8H,3-6,10H2,1-2H3. The zero-order valence-corrected chi connectivity index (χ0v) is 8.32. The molecular weight excluding hydrogens is 168 g/mol. The van der Waals surface area contributed by atoms with Gasteiger partial charge in [0.15, 0.2) is 0 Å². The molecule has 1 aliphatic carbocycles. The van der Waals surface area contributed by atoms with E-state index in [1.165, 1.54) is 0 Å². The van der Waals surface area contributed by atoms with Gasteiger partial charge in [-0.1, -0.05) is 0 Å². The Morgan fingerprint density at radius 3 is 2.38 bits per heavy atom. The first kappa shape index (κ1) is 10.3. The molecule has 0 aromatic rings. The summed E-state index contributed by atoms with van der Waals surface area (Å²) in [6.07, 6.45) is 1.48. The number of amides is 1. The molecule has 0 bridgehead atoms. The lowest BCUT2D eigenvalue weighted by atomic mass is 9.90. The van der Waals surface area contributed by atoms with Crippen molar-refractivity contribution >= 4 is 6.09 Å². The van der Waals surface area contributed by atoms with Crippen LogP contribution in [0.5, 0.6) is 0 Å². The van der Waals surface area contributed by atoms with Crippen LogP contribution in [0.2, 0.25) is 0 Å². The molecule has 13 heavy (non-hydrogen) atoms. The topological polar surface area (TPSA) is 55.6 Å². The van der Waals surface area contributed by atoms with Gasteiger partial charge in [-0.3, -0.25) is 0 Å². The van der Waals surface area contributed by atoms with Gasteiger partial charge in [0.2, 0.25) is 0 Å². The quantitative estimate of drug-likeness (QED) is 0.714. The number of nitrogens with two attached hydrogens (primary N) is 1. The number of hydrogen-bond donors (Lipinski definition) is 1. The van der Waals surface area contributed by atoms with E-state index in [1.54, 1.807) is 4.90 Å². The number of nitrogens with zero attached hydrogens (tertiary/aromatic N) is 1. The zero-order valence-electron chi connectivity index (χ0n) is 8.32. The molecule has 1 amide bonds. The predicted octanol–water partition coefficient (Wildman–Crippen LogP) is 0.955. The lowest BCUT2D eigenvalue weighted by Crippen LogP contribution is -2.45. The Balaban J connectivity index is 2.24. The summed E-state index contributed by atoms with van der Waals surface area (Å²) in [6, 6.07) is 0.231. The maximum Gasteiger partial charge on any atom is 0.410 e. The van der Waals surface area contributed by atoms with Crippen molar-refractivity contribution in [3.05, 3.63) is 0 Å². The van der Waals surface area contributed by atoms with Gasteiger partial charge in [-0.25, -0.2) is 4.79 Å². The molecule has 4 heteroatoms. The summed E-state index contributed by atoms with van der Waals surface area (Å²) in [5, 5.41) is 0. The fraction of sp³-hybridized carbons (Fsp3) is 0.889. The van der Waals surface area contributed by atoms with E-state index in [4.69, 9.17) is 10.5 Å². The third-order valence-corrected chi connectivity index (χ3v) is 2.42. The van der Waals surface area contributed by atoms with Crippen molar-refractivity contribution in [2.75, 3.05) is 13.1 Å². The summed E-state index contributed by atoms with van der Waals surface area (Å²) in [5.41, 5.74) is 5.58. The number of hydrogen-bond acceptors (Lipinski definition) is 3. The Morgan fingerprint density at radius 1 is 1.46 bits per heavy atom. The van der Waals surface area contributed by atoms with Crippen molar-refractivity contribution in [2.24, 2.45) is 5.73 Å². The van der Waals surface area contributed by atoms with Crippen LogP contribution < -0.4 is 5.73 Å². The second-order valence-electron chi connectivity index (χ2n) is 3.41. The molecule has 1 saturated carbocycles. The summed E-state index contributed by atoms with van der Waals surface area (Å²) in [4.78, 5) is 13.0. The molecule has 0 aromatic carbocycles. The number of rotatable bonds is 3. The van der Waals surface area contributed by atoms with Crippen molar-refractivity contribution in [3.63, 3.8) is 0 Å². The maximum atomic E-state index is 11.4. The van der Waals surface area contributed by atoms with Crippen molar-refractivity contribution in [1.82, 2.24) is 4.90 Å². The molecule has 2 N–H and O–H groups in total. The fourth-order valence-corrected chi connectivity index (χ4v) is 1.40. The molecule has 0 radical (unpaired) electrons. The van der Waals surface area contributed by atoms with Gasteiger partial charge in [0, 0.05) is 19.1 Å². The molecule has 0 aliphatic heterocycles. The maximum absolute atomic E-state index is 11.4. The normalized spacial score (nSPS) is 26.4. The number of carbonyl (C=O) groups is 1. The summed E-state index contributed by atoms with van der Waals surface area (Å²) < 4.78 is 5.21. The van der Waals surface area contributed by atoms with Gasteiger partial charge in [0.05, 0.1) is 0 Å². The molecule has 1 fully saturated rings. The molecule has 0 saturated heterocycles. The average molecular weight is 186 g/mol. The number of ether oxygens (including phenoxy) is 1. The first-order chi connectivity index (χ1) is 6.17. The van der Waals surface area contributed by atoms with Crippen molar-refractivity contribution in [3.8, 4) is 0 Å². The highest BCUT2D eigenvalue weighted by Gasteiger charge is 2.30. The van der Waals surface area contributed by atoms with Crippen LogP contribution in [-0.2, 0) is 4.74 Å². The van der Waals surface area contributed by atoms with Gasteiger partial charge in [-0.15, -0.1) is 0 Å². The van der Waals surface area contributed by atoms with Crippen LogP contribution in [0.15, 0.2) is 0 Å². The molecule has 4 nitrogen and oxygen atoms in total. The highest BCUT2D eigenvalue weighted by atomic mass is 16.6. The zero-order chi connectivity index (χ0) is 9.84. The average Bonchev–Trinajstić information content (AvgIpc) is 2.04. The van der Waals surface area contributed by atoms with Crippen LogP contribution >= 0.6 is 0 Å². The second-order valence-corrected chi connectivity index (χ2v) is 3.41. The van der Waals surface area contributed by atoms with Crippen molar-refractivity contribution in [1.29, 1.82) is 0 Å². The van der Waals surface area contributed by atoms with E-state index in [9.17, 15) is 4.79 Å². The predicted molar refractivity (Wildman–Crippen MR) is 50.4 cm³/mol. The third-order valence-electron chi connectivity index (χ3n) is 2.42. The van der Waals surface area contributed by atoms with Crippen LogP contribution in [-0.4, -0.2) is 36.2 Å². The second kappa shape index (κ2) is 4.46. The van der Waals surface area contributed by atoms with Gasteiger partial charge in [0.1, 0.15) is 6.10 Å². The molecule has 0 unspecified atom stereocenters. The molecule has 0 aromatic heterocycles. The SMILES string of the molecule is CCN(CC)C(=O)OC1CC(N)C1. The Labute approximate surface area is 79.0 Å². The molecule has 1 aliphatic rings. The highest BCUT2D eigenvalue weighted by Crippen LogP contribution is 2.21. The summed E-state index contributed by atoms with van der Waals surface area (Å²) >= 11 is 0. The first-order valence-electron chi connectivity index (χ1n) is 4.88. The van der Waals surface area contributed by atoms with Gasteiger partial charge < -0.3 is 15.4 Å². The van der Waals surface area contributed by atoms with Crippen LogP contribution in [0.25, 0.3) is 0 Å². The minimum atomic E-state index is -0.207. The first-order valence-corrected chi connectivity index (χ1v) is 4.88. The van der Waals surface area contributed by atoms with Crippen LogP contribution in [0.1, 0.15) is 26.7 Å². The monoisotopic (exact) mass is 186 g/mol. The Hall–Kier alpha value is -0.770. The summed E-state index contributed by atoms with van der Waals surface area (Å²) in [7, 11) is 0. The minimum Gasteiger partial charge on any atom is -0.446 e. The van der Waals surface area contributed by atoms with E-state index < -0.39 is 0 Å². The molecule has 76 valence electrons. The molecule has 0 spiro atoms. The van der Waals surface area contributed by atoms with Crippen LogP contribution in [0, 0.1) is 0 Å². The lowest BCUT2D eigenvalue weighted by molar-refractivity contribution is 0.0197. The Morgan fingerprint density at radius 2 is 2.00 bits per heavy atom. The van der Waals surface area contributed by atoms with E-state index in [0.717, 1.165) is 12.8 Å². The molecule has 0 atom stereocenters. The van der Waals surface area contributed by atoms with E-state index in [1.807, 2.05) is 13.8 Å². The number of carbonyl (C=O) groups excluding carboxylic acids is 1.